The molecule has 9 heteroatoms. The molecule has 24 heavy (non-hydrogen) atoms. The third-order valence-corrected chi connectivity index (χ3v) is 3.64. The molecule has 1 aliphatic rings. The first kappa shape index (κ1) is 18.0. The van der Waals surface area contributed by atoms with E-state index < -0.39 is 0 Å². The van der Waals surface area contributed by atoms with Crippen LogP contribution in [-0.2, 0) is 4.79 Å². The van der Waals surface area contributed by atoms with Crippen molar-refractivity contribution in [3.05, 3.63) is 36.0 Å². The van der Waals surface area contributed by atoms with Gasteiger partial charge in [-0.1, -0.05) is 0 Å². The summed E-state index contributed by atoms with van der Waals surface area (Å²) in [5, 5.41) is 5.95. The summed E-state index contributed by atoms with van der Waals surface area (Å²) in [4.78, 5) is 30.7. The van der Waals surface area contributed by atoms with E-state index in [0.717, 1.165) is 5.69 Å². The van der Waals surface area contributed by atoms with Gasteiger partial charge in [-0.25, -0.2) is 19.9 Å². The maximum Gasteiger partial charge on any atom is 0.236 e. The third kappa shape index (κ3) is 4.15. The lowest BCUT2D eigenvalue weighted by Crippen LogP contribution is -2.51. The predicted molar refractivity (Wildman–Crippen MR) is 92.6 cm³/mol. The number of amides is 1. The molecule has 1 saturated heterocycles. The Balaban J connectivity index is 0.00000208. The number of hydrogen-bond acceptors (Lipinski definition) is 7. The van der Waals surface area contributed by atoms with Crippen LogP contribution in [0.15, 0.2) is 24.5 Å². The second kappa shape index (κ2) is 7.98. The van der Waals surface area contributed by atoms with Crippen LogP contribution in [0.5, 0.6) is 0 Å². The molecule has 1 amide bonds. The molecule has 8 nitrogen and oxygen atoms in total. The maximum atomic E-state index is 11.8. The zero-order chi connectivity index (χ0) is 16.2. The molecule has 128 valence electrons. The molecule has 2 N–H and O–H groups in total. The van der Waals surface area contributed by atoms with Gasteiger partial charge in [-0.2, -0.15) is 0 Å². The fourth-order valence-electron chi connectivity index (χ4n) is 2.47. The Hall–Kier alpha value is -2.32. The van der Waals surface area contributed by atoms with Gasteiger partial charge in [0.05, 0.1) is 12.2 Å². The number of nitrogens with one attached hydrogen (secondary N) is 2. The van der Waals surface area contributed by atoms with Crippen LogP contribution in [0.25, 0.3) is 0 Å². The Morgan fingerprint density at radius 1 is 1.29 bits per heavy atom. The number of hydrogen-bond donors (Lipinski definition) is 2. The molecule has 0 aromatic carbocycles. The molecule has 0 saturated carbocycles. The minimum Gasteiger partial charge on any atom is -0.340 e. The Labute approximate surface area is 146 Å². The lowest BCUT2D eigenvalue weighted by atomic mass is 9.95. The smallest absolute Gasteiger partial charge is 0.236 e. The third-order valence-electron chi connectivity index (χ3n) is 3.64. The second-order valence-corrected chi connectivity index (χ2v) is 5.45. The molecular weight excluding hydrogens is 330 g/mol. The molecule has 1 fully saturated rings. The zero-order valence-corrected chi connectivity index (χ0v) is 14.4. The highest BCUT2D eigenvalue weighted by Crippen LogP contribution is 2.27. The van der Waals surface area contributed by atoms with Crippen LogP contribution in [0.1, 0.15) is 17.4 Å². The number of halogens is 1. The molecule has 0 unspecified atom stereocenters. The summed E-state index contributed by atoms with van der Waals surface area (Å²) in [5.74, 6) is 2.20. The zero-order valence-electron chi connectivity index (χ0n) is 13.6. The Morgan fingerprint density at radius 3 is 2.67 bits per heavy atom. The normalized spacial score (nSPS) is 13.8. The van der Waals surface area contributed by atoms with Crippen molar-refractivity contribution in [2.75, 3.05) is 32.0 Å². The number of nitrogens with zero attached hydrogens (tertiary/aromatic N) is 5. The minimum atomic E-state index is 0. The van der Waals surface area contributed by atoms with Crippen molar-refractivity contribution < 1.29 is 4.79 Å². The molecule has 0 spiro atoms. The van der Waals surface area contributed by atoms with Gasteiger partial charge >= 0.3 is 0 Å². The maximum absolute atomic E-state index is 11.8. The van der Waals surface area contributed by atoms with Gasteiger partial charge in [0.1, 0.15) is 11.6 Å². The summed E-state index contributed by atoms with van der Waals surface area (Å²) in [7, 11) is 1.77. The number of rotatable bonds is 5. The Morgan fingerprint density at radius 2 is 2.00 bits per heavy atom. The molecule has 2 aromatic rings. The highest BCUT2D eigenvalue weighted by Gasteiger charge is 2.32. The Kier molecular flexibility index (Phi) is 5.99. The SMILES string of the molecule is CNCC(=O)N1CC(c2cc(Nc3ncccn3)nc(C)n2)C1.Cl. The predicted octanol–water partition coefficient (Wildman–Crippen LogP) is 0.886. The van der Waals surface area contributed by atoms with Crippen molar-refractivity contribution in [3.63, 3.8) is 0 Å². The molecule has 1 aliphatic heterocycles. The van der Waals surface area contributed by atoms with Gasteiger partial charge in [0.15, 0.2) is 0 Å². The average Bonchev–Trinajstić information content (AvgIpc) is 2.46. The van der Waals surface area contributed by atoms with Crippen molar-refractivity contribution in [2.24, 2.45) is 0 Å². The summed E-state index contributed by atoms with van der Waals surface area (Å²) in [5.41, 5.74) is 0.935. The minimum absolute atomic E-state index is 0. The van der Waals surface area contributed by atoms with Crippen LogP contribution >= 0.6 is 12.4 Å². The monoisotopic (exact) mass is 349 g/mol. The van der Waals surface area contributed by atoms with E-state index in [1.165, 1.54) is 0 Å². The van der Waals surface area contributed by atoms with E-state index in [9.17, 15) is 4.79 Å². The molecule has 0 aliphatic carbocycles. The largest absolute Gasteiger partial charge is 0.340 e. The Bertz CT molecular complexity index is 691. The number of aryl methyl sites for hydroxylation is 1. The van der Waals surface area contributed by atoms with Crippen LogP contribution in [0.3, 0.4) is 0 Å². The van der Waals surface area contributed by atoms with Gasteiger partial charge < -0.3 is 15.5 Å². The summed E-state index contributed by atoms with van der Waals surface area (Å²) in [6.07, 6.45) is 3.34. The van der Waals surface area contributed by atoms with E-state index in [-0.39, 0.29) is 24.2 Å². The van der Waals surface area contributed by atoms with Gasteiger partial charge in [0, 0.05) is 37.5 Å². The molecule has 0 bridgehead atoms. The average molecular weight is 350 g/mol. The van der Waals surface area contributed by atoms with Crippen molar-refractivity contribution in [1.82, 2.24) is 30.2 Å². The summed E-state index contributed by atoms with van der Waals surface area (Å²) < 4.78 is 0. The quantitative estimate of drug-likeness (QED) is 0.827. The van der Waals surface area contributed by atoms with E-state index in [0.29, 0.717) is 37.2 Å². The molecular formula is C15H20ClN7O. The highest BCUT2D eigenvalue weighted by molar-refractivity contribution is 5.85. The van der Waals surface area contributed by atoms with Crippen molar-refractivity contribution in [2.45, 2.75) is 12.8 Å². The van der Waals surface area contributed by atoms with Crippen LogP contribution in [0.2, 0.25) is 0 Å². The van der Waals surface area contributed by atoms with Gasteiger partial charge in [-0.15, -0.1) is 12.4 Å². The molecule has 2 aromatic heterocycles. The van der Waals surface area contributed by atoms with E-state index >= 15 is 0 Å². The van der Waals surface area contributed by atoms with E-state index in [2.05, 4.69) is 30.6 Å². The van der Waals surface area contributed by atoms with Gasteiger partial charge in [-0.05, 0) is 20.0 Å². The number of carbonyl (C=O) groups excluding carboxylic acids is 1. The van der Waals surface area contributed by atoms with Crippen LogP contribution < -0.4 is 10.6 Å². The topological polar surface area (TPSA) is 95.9 Å². The first-order chi connectivity index (χ1) is 11.2. The van der Waals surface area contributed by atoms with Crippen LogP contribution in [0, 0.1) is 6.92 Å². The number of likely N-dealkylation sites (tertiary alicyclic amines) is 1. The lowest BCUT2D eigenvalue weighted by Gasteiger charge is -2.39. The number of aromatic nitrogens is 4. The van der Waals surface area contributed by atoms with Crippen LogP contribution in [-0.4, -0.2) is 57.4 Å². The van der Waals surface area contributed by atoms with Crippen molar-refractivity contribution >= 4 is 30.1 Å². The van der Waals surface area contributed by atoms with Gasteiger partial charge in [-0.3, -0.25) is 4.79 Å². The molecule has 3 heterocycles. The summed E-state index contributed by atoms with van der Waals surface area (Å²) in [6.45, 7) is 3.60. The number of likely N-dealkylation sites (N-methyl/N-ethyl adjacent to an activating group) is 1. The van der Waals surface area contributed by atoms with Crippen LogP contribution in [0.4, 0.5) is 11.8 Å². The number of anilines is 2. The van der Waals surface area contributed by atoms with E-state index in [4.69, 9.17) is 0 Å². The fourth-order valence-corrected chi connectivity index (χ4v) is 2.47. The standard InChI is InChI=1S/C15H19N7O.ClH/c1-10-19-12(11-8-22(9-11)14(23)7-16-2)6-13(20-10)21-15-17-4-3-5-18-15;/h3-6,11,16H,7-9H2,1-2H3,(H,17,18,19,20,21);1H. The van der Waals surface area contributed by atoms with Crippen molar-refractivity contribution in [1.29, 1.82) is 0 Å². The first-order valence-electron chi connectivity index (χ1n) is 7.47. The number of carbonyl (C=O) groups is 1. The van der Waals surface area contributed by atoms with Gasteiger partial charge in [0.2, 0.25) is 11.9 Å². The fraction of sp³-hybridized carbons (Fsp3) is 0.400. The molecule has 3 rings (SSSR count). The lowest BCUT2D eigenvalue weighted by molar-refractivity contribution is -0.134. The van der Waals surface area contributed by atoms with Gasteiger partial charge in [0.25, 0.3) is 0 Å². The highest BCUT2D eigenvalue weighted by atomic mass is 35.5. The van der Waals surface area contributed by atoms with E-state index in [1.807, 2.05) is 17.9 Å². The molecule has 0 atom stereocenters. The molecule has 0 radical (unpaired) electrons. The van der Waals surface area contributed by atoms with E-state index in [1.54, 1.807) is 25.5 Å². The van der Waals surface area contributed by atoms with Crippen molar-refractivity contribution in [3.8, 4) is 0 Å². The second-order valence-electron chi connectivity index (χ2n) is 5.45. The first-order valence-corrected chi connectivity index (χ1v) is 7.47. The summed E-state index contributed by atoms with van der Waals surface area (Å²) in [6, 6.07) is 3.65. The summed E-state index contributed by atoms with van der Waals surface area (Å²) >= 11 is 0.